The highest BCUT2D eigenvalue weighted by atomic mass is 19.1. The number of nitrogens with zero attached hydrogens (tertiary/aromatic N) is 2. The number of cyclic esters (lactones) is 1. The molecule has 0 N–H and O–H groups in total. The minimum absolute atomic E-state index is 0.0684. The zero-order valence-corrected chi connectivity index (χ0v) is 16.4. The molecule has 0 aliphatic carbocycles. The maximum absolute atomic E-state index is 14.9. The third-order valence-corrected chi connectivity index (χ3v) is 4.45. The van der Waals surface area contributed by atoms with E-state index in [1.807, 2.05) is 0 Å². The highest BCUT2D eigenvalue weighted by molar-refractivity contribution is 6.24. The van der Waals surface area contributed by atoms with Gasteiger partial charge in [-0.05, 0) is 45.4 Å². The van der Waals surface area contributed by atoms with Crippen LogP contribution in [0.4, 0.5) is 14.9 Å². The van der Waals surface area contributed by atoms with E-state index in [0.29, 0.717) is 17.0 Å². The van der Waals surface area contributed by atoms with Gasteiger partial charge in [0, 0.05) is 18.1 Å². The van der Waals surface area contributed by atoms with Crippen LogP contribution in [0.5, 0.6) is 0 Å². The second-order valence-electron chi connectivity index (χ2n) is 6.54. The van der Waals surface area contributed by atoms with E-state index in [1.54, 1.807) is 32.3 Å². The van der Waals surface area contributed by atoms with Crippen molar-refractivity contribution in [1.29, 1.82) is 0 Å². The van der Waals surface area contributed by atoms with E-state index in [1.165, 1.54) is 12.3 Å². The number of carbonyl (C=O) groups excluding carboxylic acids is 3. The Bertz CT molecular complexity index is 1140. The minimum atomic E-state index is -1.03. The molecule has 0 spiro atoms. The van der Waals surface area contributed by atoms with Crippen LogP contribution in [0.15, 0.2) is 34.5 Å². The van der Waals surface area contributed by atoms with E-state index in [2.05, 4.69) is 0 Å². The summed E-state index contributed by atoms with van der Waals surface area (Å²) in [5, 5.41) is -0.0684. The molecule has 1 aromatic heterocycles. The molecular formula is C20H19FN2O6. The van der Waals surface area contributed by atoms with Crippen LogP contribution in [-0.2, 0) is 20.8 Å². The van der Waals surface area contributed by atoms with E-state index in [0.717, 1.165) is 6.07 Å². The number of benzene rings is 1. The standard InChI is InChI=1S/C20H19FN2O6/c1-5-22-9-12(19(26)28-6-2)16(24)11-7-13(21)15(8-14(11)22)23-18(25)17(10(3)4)29-20(23)27/h7-9H,5-6H2,1-4H3. The summed E-state index contributed by atoms with van der Waals surface area (Å²) in [6.45, 7) is 6.97. The summed E-state index contributed by atoms with van der Waals surface area (Å²) in [5.74, 6) is -2.74. The van der Waals surface area contributed by atoms with E-state index in [-0.39, 0.29) is 34.5 Å². The summed E-state index contributed by atoms with van der Waals surface area (Å²) in [5.41, 5.74) is -0.537. The summed E-state index contributed by atoms with van der Waals surface area (Å²) >= 11 is 0. The fourth-order valence-corrected chi connectivity index (χ4v) is 3.07. The van der Waals surface area contributed by atoms with Crippen LogP contribution in [0.2, 0.25) is 0 Å². The van der Waals surface area contributed by atoms with Crippen molar-refractivity contribution in [1.82, 2.24) is 4.57 Å². The van der Waals surface area contributed by atoms with Gasteiger partial charge in [-0.3, -0.25) is 9.59 Å². The molecule has 1 aromatic carbocycles. The molecule has 2 heterocycles. The molecule has 0 radical (unpaired) electrons. The Kier molecular flexibility index (Phi) is 5.23. The Morgan fingerprint density at radius 3 is 2.41 bits per heavy atom. The molecule has 1 aliphatic rings. The third-order valence-electron chi connectivity index (χ3n) is 4.45. The van der Waals surface area contributed by atoms with Crippen molar-refractivity contribution in [3.05, 3.63) is 51.3 Å². The zero-order chi connectivity index (χ0) is 21.5. The Balaban J connectivity index is 2.25. The van der Waals surface area contributed by atoms with Crippen molar-refractivity contribution in [3.63, 3.8) is 0 Å². The maximum atomic E-state index is 14.9. The number of anilines is 1. The number of pyridine rings is 1. The molecule has 2 aromatic rings. The Morgan fingerprint density at radius 2 is 1.86 bits per heavy atom. The number of esters is 1. The van der Waals surface area contributed by atoms with Crippen molar-refractivity contribution in [2.75, 3.05) is 11.5 Å². The van der Waals surface area contributed by atoms with Crippen molar-refractivity contribution < 1.29 is 28.2 Å². The summed E-state index contributed by atoms with van der Waals surface area (Å²) in [4.78, 5) is 50.1. The Labute approximate surface area is 165 Å². The quantitative estimate of drug-likeness (QED) is 0.576. The zero-order valence-electron chi connectivity index (χ0n) is 16.4. The number of hydrogen-bond donors (Lipinski definition) is 0. The van der Waals surface area contributed by atoms with Gasteiger partial charge in [0.2, 0.25) is 5.43 Å². The lowest BCUT2D eigenvalue weighted by Gasteiger charge is -2.16. The molecule has 8 nitrogen and oxygen atoms in total. The average Bonchev–Trinajstić information content (AvgIpc) is 2.97. The number of amides is 2. The van der Waals surface area contributed by atoms with Crippen LogP contribution >= 0.6 is 0 Å². The number of rotatable bonds is 4. The van der Waals surface area contributed by atoms with E-state index in [9.17, 15) is 23.6 Å². The van der Waals surface area contributed by atoms with Gasteiger partial charge in [0.25, 0.3) is 0 Å². The lowest BCUT2D eigenvalue weighted by atomic mass is 10.1. The Hall–Kier alpha value is -3.49. The number of hydrogen-bond acceptors (Lipinski definition) is 6. The predicted molar refractivity (Wildman–Crippen MR) is 102 cm³/mol. The highest BCUT2D eigenvalue weighted by Crippen LogP contribution is 2.31. The molecule has 1 aliphatic heterocycles. The lowest BCUT2D eigenvalue weighted by molar-refractivity contribution is -0.114. The number of halogens is 1. The van der Waals surface area contributed by atoms with Gasteiger partial charge in [-0.1, -0.05) is 0 Å². The van der Waals surface area contributed by atoms with Crippen LogP contribution < -0.4 is 10.3 Å². The van der Waals surface area contributed by atoms with Crippen LogP contribution in [-0.4, -0.2) is 29.1 Å². The van der Waals surface area contributed by atoms with Gasteiger partial charge >= 0.3 is 18.0 Å². The average molecular weight is 402 g/mol. The van der Waals surface area contributed by atoms with Gasteiger partial charge in [0.1, 0.15) is 11.4 Å². The molecule has 0 saturated carbocycles. The van der Waals surface area contributed by atoms with E-state index >= 15 is 0 Å². The van der Waals surface area contributed by atoms with Crippen LogP contribution in [0, 0.1) is 5.82 Å². The van der Waals surface area contributed by atoms with Gasteiger partial charge in [0.15, 0.2) is 5.76 Å². The summed E-state index contributed by atoms with van der Waals surface area (Å²) in [6, 6.07) is 2.13. The van der Waals surface area contributed by atoms with Gasteiger partial charge in [-0.25, -0.2) is 18.9 Å². The van der Waals surface area contributed by atoms with Gasteiger partial charge in [-0.2, -0.15) is 0 Å². The molecule has 0 unspecified atom stereocenters. The molecule has 9 heteroatoms. The summed E-state index contributed by atoms with van der Waals surface area (Å²) in [6.07, 6.45) is 0.286. The smallest absolute Gasteiger partial charge is 0.427 e. The maximum Gasteiger partial charge on any atom is 0.427 e. The van der Waals surface area contributed by atoms with Crippen molar-refractivity contribution >= 4 is 34.6 Å². The first-order valence-electron chi connectivity index (χ1n) is 8.98. The fourth-order valence-electron chi connectivity index (χ4n) is 3.07. The SMILES string of the molecule is CCOC(=O)c1cn(CC)c2cc(N3C(=O)OC(=C(C)C)C3=O)c(F)cc2c1=O. The summed E-state index contributed by atoms with van der Waals surface area (Å²) in [7, 11) is 0. The summed E-state index contributed by atoms with van der Waals surface area (Å²) < 4.78 is 26.2. The normalized spacial score (nSPS) is 13.8. The minimum Gasteiger partial charge on any atom is -0.462 e. The lowest BCUT2D eigenvalue weighted by Crippen LogP contribution is -2.30. The van der Waals surface area contributed by atoms with Crippen LogP contribution in [0.1, 0.15) is 38.1 Å². The second-order valence-corrected chi connectivity index (χ2v) is 6.54. The van der Waals surface area contributed by atoms with Gasteiger partial charge in [-0.15, -0.1) is 0 Å². The van der Waals surface area contributed by atoms with E-state index < -0.39 is 29.2 Å². The first-order chi connectivity index (χ1) is 13.7. The van der Waals surface area contributed by atoms with Crippen molar-refractivity contribution in [2.45, 2.75) is 34.2 Å². The van der Waals surface area contributed by atoms with Gasteiger partial charge in [0.05, 0.1) is 17.8 Å². The predicted octanol–water partition coefficient (Wildman–Crippen LogP) is 3.11. The molecule has 1 saturated heterocycles. The van der Waals surface area contributed by atoms with Crippen molar-refractivity contribution in [3.8, 4) is 0 Å². The number of aromatic nitrogens is 1. The fraction of sp³-hybridized carbons (Fsp3) is 0.300. The van der Waals surface area contributed by atoms with Crippen LogP contribution in [0.3, 0.4) is 0 Å². The molecule has 1 fully saturated rings. The number of carbonyl (C=O) groups is 3. The largest absolute Gasteiger partial charge is 0.462 e. The van der Waals surface area contributed by atoms with E-state index in [4.69, 9.17) is 9.47 Å². The molecule has 3 rings (SSSR count). The Morgan fingerprint density at radius 1 is 1.17 bits per heavy atom. The van der Waals surface area contributed by atoms with Crippen molar-refractivity contribution in [2.24, 2.45) is 0 Å². The second kappa shape index (κ2) is 7.50. The first-order valence-corrected chi connectivity index (χ1v) is 8.98. The number of aryl methyl sites for hydroxylation is 1. The number of ether oxygens (including phenoxy) is 2. The van der Waals surface area contributed by atoms with Crippen LogP contribution in [0.25, 0.3) is 10.9 Å². The number of imide groups is 1. The monoisotopic (exact) mass is 402 g/mol. The topological polar surface area (TPSA) is 94.9 Å². The first kappa shape index (κ1) is 20.2. The molecule has 29 heavy (non-hydrogen) atoms. The third kappa shape index (κ3) is 3.28. The molecule has 0 atom stereocenters. The van der Waals surface area contributed by atoms with Gasteiger partial charge < -0.3 is 14.0 Å². The number of allylic oxidation sites excluding steroid dienone is 1. The molecule has 152 valence electrons. The molecule has 0 bridgehead atoms. The molecule has 2 amide bonds. The highest BCUT2D eigenvalue weighted by Gasteiger charge is 2.40. The number of fused-ring (bicyclic) bond motifs is 1. The molecular weight excluding hydrogens is 383 g/mol.